The van der Waals surface area contributed by atoms with Crippen LogP contribution in [-0.2, 0) is 18.3 Å². The Morgan fingerprint density at radius 1 is 1.67 bits per heavy atom. The van der Waals surface area contributed by atoms with E-state index in [4.69, 9.17) is 14.6 Å². The molecule has 5 heteroatoms. The number of carboxylic acid groups (broad SMARTS) is 1. The zero-order chi connectivity index (χ0) is 9.40. The molecule has 0 amide bonds. The van der Waals surface area contributed by atoms with Crippen LogP contribution in [-0.4, -0.2) is 21.8 Å². The van der Waals surface area contributed by atoms with E-state index in [0.717, 1.165) is 0 Å². The summed E-state index contributed by atoms with van der Waals surface area (Å²) in [5.41, 5.74) is 0. The molecule has 0 fully saturated rings. The average Bonchev–Trinajstić information content (AvgIpc) is 2.05. The molecule has 1 heterocycles. The van der Waals surface area contributed by atoms with E-state index in [2.05, 4.69) is 4.98 Å². The normalized spacial score (nSPS) is 7.92. The molecule has 4 nitrogen and oxygen atoms in total. The van der Waals surface area contributed by atoms with E-state index in [1.807, 2.05) is 12.1 Å². The molecule has 0 radical (unpaired) electrons. The van der Waals surface area contributed by atoms with Crippen LogP contribution < -0.4 is 4.74 Å². The van der Waals surface area contributed by atoms with Gasteiger partial charge in [0.2, 0.25) is 5.88 Å². The molecular formula is C7H8NO3Zn. The summed E-state index contributed by atoms with van der Waals surface area (Å²) in [5.74, 6) is 0.660. The van der Waals surface area contributed by atoms with Crippen molar-refractivity contribution in [3.63, 3.8) is 0 Å². The van der Waals surface area contributed by atoms with Crippen LogP contribution in [0.2, 0.25) is 0 Å². The first-order valence-corrected chi connectivity index (χ1v) is 4.65. The van der Waals surface area contributed by atoms with E-state index >= 15 is 0 Å². The Hall–Kier alpha value is -0.957. The molecule has 1 rings (SSSR count). The van der Waals surface area contributed by atoms with Gasteiger partial charge in [-0.3, -0.25) is 0 Å². The van der Waals surface area contributed by atoms with Crippen LogP contribution in [0.3, 0.4) is 0 Å². The fraction of sp³-hybridized carbons (Fsp3) is 0.143. The van der Waals surface area contributed by atoms with E-state index in [0.29, 0.717) is 24.2 Å². The van der Waals surface area contributed by atoms with Crippen molar-refractivity contribution in [3.05, 3.63) is 24.4 Å². The monoisotopic (exact) mass is 218 g/mol. The van der Waals surface area contributed by atoms with Crippen LogP contribution >= 0.6 is 0 Å². The van der Waals surface area contributed by atoms with Gasteiger partial charge in [0, 0.05) is 12.3 Å². The third kappa shape index (κ3) is 7.15. The summed E-state index contributed by atoms with van der Waals surface area (Å²) < 4.78 is 4.09. The molecule has 0 unspecified atom stereocenters. The van der Waals surface area contributed by atoms with E-state index < -0.39 is 4.56 Å². The minimum atomic E-state index is -0.708. The summed E-state index contributed by atoms with van der Waals surface area (Å²) in [6, 6.07) is 5.54. The Labute approximate surface area is 80.3 Å². The molecule has 12 heavy (non-hydrogen) atoms. The Bertz CT molecular complexity index is 223. The second-order valence-electron chi connectivity index (χ2n) is 1.77. The third-order valence-corrected chi connectivity index (χ3v) is 0.847. The van der Waals surface area contributed by atoms with Crippen molar-refractivity contribution in [3.8, 4) is 5.88 Å². The predicted octanol–water partition coefficient (Wildman–Crippen LogP) is 1.30. The second-order valence-corrected chi connectivity index (χ2v) is 3.03. The molecule has 0 aliphatic heterocycles. The molecule has 1 aromatic rings. The number of hydrogen-bond acceptors (Lipinski definition) is 3. The van der Waals surface area contributed by atoms with Crippen LogP contribution in [0.5, 0.6) is 5.88 Å². The average molecular weight is 220 g/mol. The van der Waals surface area contributed by atoms with Crippen molar-refractivity contribution >= 4 is 4.56 Å². The molecule has 0 bridgehead atoms. The number of nitrogens with zero attached hydrogens (tertiary/aromatic N) is 1. The summed E-state index contributed by atoms with van der Waals surface area (Å²) in [6.45, 7) is 0. The topological polar surface area (TPSA) is 59.4 Å². The number of rotatable bonds is 1. The summed E-state index contributed by atoms with van der Waals surface area (Å²) in [5, 5.41) is 7.47. The molecule has 0 aliphatic carbocycles. The van der Waals surface area contributed by atoms with Crippen LogP contribution in [0.1, 0.15) is 0 Å². The van der Waals surface area contributed by atoms with Gasteiger partial charge >= 0.3 is 32.8 Å². The first kappa shape index (κ1) is 11.0. The number of methoxy groups -OCH3 is 1. The van der Waals surface area contributed by atoms with Gasteiger partial charge in [-0.2, -0.15) is 0 Å². The Kier molecular flexibility index (Phi) is 6.20. The van der Waals surface area contributed by atoms with Gasteiger partial charge in [-0.15, -0.1) is 0 Å². The van der Waals surface area contributed by atoms with Gasteiger partial charge in [0.25, 0.3) is 0 Å². The van der Waals surface area contributed by atoms with Crippen LogP contribution in [0.25, 0.3) is 0 Å². The third-order valence-electron chi connectivity index (χ3n) is 0.847. The Balaban J connectivity index is 0.000000261. The summed E-state index contributed by atoms with van der Waals surface area (Å²) >= 11 is 0.347. The Morgan fingerprint density at radius 3 is 2.50 bits per heavy atom. The van der Waals surface area contributed by atoms with Crippen LogP contribution in [0.15, 0.2) is 24.4 Å². The summed E-state index contributed by atoms with van der Waals surface area (Å²) in [6.07, 6.45) is 1.69. The molecule has 0 aliphatic rings. The van der Waals surface area contributed by atoms with Crippen molar-refractivity contribution in [2.75, 3.05) is 7.11 Å². The van der Waals surface area contributed by atoms with Crippen molar-refractivity contribution in [1.29, 1.82) is 0 Å². The molecule has 0 spiro atoms. The molecule has 61 valence electrons. The molecule has 0 atom stereocenters. The second kappa shape index (κ2) is 6.73. The molecule has 1 N–H and O–H groups in total. The van der Waals surface area contributed by atoms with Crippen LogP contribution in [0.4, 0.5) is 4.79 Å². The van der Waals surface area contributed by atoms with Gasteiger partial charge in [-0.25, -0.2) is 4.98 Å². The van der Waals surface area contributed by atoms with Gasteiger partial charge in [-0.1, -0.05) is 6.07 Å². The van der Waals surface area contributed by atoms with Gasteiger partial charge in [0.15, 0.2) is 0 Å². The first-order chi connectivity index (χ1) is 5.66. The number of aromatic nitrogens is 1. The van der Waals surface area contributed by atoms with E-state index in [9.17, 15) is 0 Å². The van der Waals surface area contributed by atoms with E-state index in [1.165, 1.54) is 0 Å². The van der Waals surface area contributed by atoms with Crippen molar-refractivity contribution in [1.82, 2.24) is 4.98 Å². The molecule has 0 aromatic carbocycles. The van der Waals surface area contributed by atoms with Crippen molar-refractivity contribution in [2.45, 2.75) is 0 Å². The molecule has 0 saturated heterocycles. The number of carbonyl (C=O) groups is 1. The SMILES string of the molecule is COc1ccccn1.O=[C](O)[Zn]. The molecule has 0 saturated carbocycles. The maximum absolute atomic E-state index is 9.06. The van der Waals surface area contributed by atoms with Crippen molar-refractivity contribution in [2.24, 2.45) is 0 Å². The fourth-order valence-corrected chi connectivity index (χ4v) is 0.468. The minimum absolute atomic E-state index is 0.347. The van der Waals surface area contributed by atoms with Gasteiger partial charge < -0.3 is 4.74 Å². The zero-order valence-electron chi connectivity index (χ0n) is 6.73. The Morgan fingerprint density at radius 2 is 2.25 bits per heavy atom. The van der Waals surface area contributed by atoms with E-state index in [-0.39, 0.29) is 0 Å². The molecule has 1 aromatic heterocycles. The van der Waals surface area contributed by atoms with Crippen molar-refractivity contribution < 1.29 is 32.9 Å². The summed E-state index contributed by atoms with van der Waals surface area (Å²) in [4.78, 5) is 12.9. The number of hydrogen-bond donors (Lipinski definition) is 1. The fourth-order valence-electron chi connectivity index (χ4n) is 0.468. The van der Waals surface area contributed by atoms with E-state index in [1.54, 1.807) is 19.4 Å². The van der Waals surface area contributed by atoms with Gasteiger partial charge in [0.1, 0.15) is 0 Å². The number of ether oxygens (including phenoxy) is 1. The van der Waals surface area contributed by atoms with Gasteiger partial charge in [0.05, 0.1) is 7.11 Å². The standard InChI is InChI=1S/C6H7NO.CHO2.Zn/c1-8-6-4-2-3-5-7-6;2-1-3;/h2-5H,1H3;(H,2,3);. The molecular weight excluding hydrogens is 211 g/mol. The van der Waals surface area contributed by atoms with Gasteiger partial charge in [-0.05, 0) is 6.07 Å². The predicted molar refractivity (Wildman–Crippen MR) is 38.8 cm³/mol. The number of pyridine rings is 1. The maximum atomic E-state index is 9.06. The zero-order valence-corrected chi connectivity index (χ0v) is 9.69. The summed E-state index contributed by atoms with van der Waals surface area (Å²) in [7, 11) is 1.60. The quantitative estimate of drug-likeness (QED) is 0.724. The van der Waals surface area contributed by atoms with Crippen LogP contribution in [0, 0.1) is 0 Å². The first-order valence-electron chi connectivity index (χ1n) is 3.16.